The number of hydrogen-bond donors (Lipinski definition) is 0. The van der Waals surface area contributed by atoms with E-state index < -0.39 is 0 Å². The highest BCUT2D eigenvalue weighted by Crippen LogP contribution is 2.22. The Balaban J connectivity index is 1.76. The molecule has 1 aliphatic heterocycles. The molecule has 0 radical (unpaired) electrons. The maximum absolute atomic E-state index is 5.99. The van der Waals surface area contributed by atoms with E-state index in [-0.39, 0.29) is 6.29 Å². The molecule has 0 bridgehead atoms. The van der Waals surface area contributed by atoms with Crippen LogP contribution in [0.25, 0.3) is 10.9 Å². The van der Waals surface area contributed by atoms with Crippen molar-refractivity contribution in [2.75, 3.05) is 13.2 Å². The quantitative estimate of drug-likeness (QED) is 0.859. The first-order chi connectivity index (χ1) is 9.33. The Morgan fingerprint density at radius 1 is 1.21 bits per heavy atom. The predicted molar refractivity (Wildman–Crippen MR) is 75.4 cm³/mol. The summed E-state index contributed by atoms with van der Waals surface area (Å²) in [6.07, 6.45) is 4.56. The second-order valence-corrected chi connectivity index (χ2v) is 5.13. The fourth-order valence-electron chi connectivity index (χ4n) is 2.38. The van der Waals surface area contributed by atoms with Gasteiger partial charge in [-0.3, -0.25) is 4.98 Å². The molecule has 0 unspecified atom stereocenters. The van der Waals surface area contributed by atoms with Gasteiger partial charge in [-0.2, -0.15) is 0 Å². The second-order valence-electron chi connectivity index (χ2n) is 4.69. The third kappa shape index (κ3) is 3.06. The Hall–Kier alpha value is -1.16. The van der Waals surface area contributed by atoms with Crippen molar-refractivity contribution in [1.29, 1.82) is 0 Å². The summed E-state index contributed by atoms with van der Waals surface area (Å²) in [6, 6.07) is 7.89. The molecule has 0 N–H and O–H groups in total. The maximum Gasteiger partial charge on any atom is 0.157 e. The van der Waals surface area contributed by atoms with Crippen LogP contribution in [0.4, 0.5) is 0 Å². The first-order valence-corrected chi connectivity index (χ1v) is 6.97. The highest BCUT2D eigenvalue weighted by atomic mass is 35.5. The van der Waals surface area contributed by atoms with Crippen LogP contribution in [-0.4, -0.2) is 24.5 Å². The van der Waals surface area contributed by atoms with E-state index in [1.807, 2.05) is 24.4 Å². The van der Waals surface area contributed by atoms with Gasteiger partial charge in [0, 0.05) is 23.0 Å². The number of pyridine rings is 1. The number of halogens is 1. The van der Waals surface area contributed by atoms with Gasteiger partial charge in [0.05, 0.1) is 18.7 Å². The van der Waals surface area contributed by atoms with Crippen molar-refractivity contribution in [2.45, 2.75) is 25.6 Å². The van der Waals surface area contributed by atoms with Gasteiger partial charge >= 0.3 is 0 Å². The number of aromatic nitrogens is 1. The number of nitrogens with zero attached hydrogens (tertiary/aromatic N) is 1. The number of rotatable bonds is 3. The largest absolute Gasteiger partial charge is 0.353 e. The van der Waals surface area contributed by atoms with Crippen molar-refractivity contribution in [3.63, 3.8) is 0 Å². The first kappa shape index (κ1) is 12.9. The predicted octanol–water partition coefficient (Wildman–Crippen LogP) is 3.58. The van der Waals surface area contributed by atoms with Crippen LogP contribution in [0.5, 0.6) is 0 Å². The average Bonchev–Trinajstić information content (AvgIpc) is 2.45. The van der Waals surface area contributed by atoms with E-state index in [9.17, 15) is 0 Å². The summed E-state index contributed by atoms with van der Waals surface area (Å²) in [5.41, 5.74) is 2.20. The minimum Gasteiger partial charge on any atom is -0.353 e. The summed E-state index contributed by atoms with van der Waals surface area (Å²) in [4.78, 5) is 4.35. The molecule has 1 aliphatic rings. The Morgan fingerprint density at radius 2 is 2.05 bits per heavy atom. The summed E-state index contributed by atoms with van der Waals surface area (Å²) in [6.45, 7) is 1.61. The molecule has 3 nitrogen and oxygen atoms in total. The molecule has 100 valence electrons. The van der Waals surface area contributed by atoms with Crippen molar-refractivity contribution in [1.82, 2.24) is 4.98 Å². The van der Waals surface area contributed by atoms with Crippen LogP contribution in [-0.2, 0) is 15.9 Å². The zero-order valence-electron chi connectivity index (χ0n) is 10.6. The van der Waals surface area contributed by atoms with Gasteiger partial charge in [-0.1, -0.05) is 17.7 Å². The molecule has 1 aromatic carbocycles. The van der Waals surface area contributed by atoms with Gasteiger partial charge in [0.1, 0.15) is 0 Å². The zero-order chi connectivity index (χ0) is 13.1. The van der Waals surface area contributed by atoms with Crippen molar-refractivity contribution < 1.29 is 9.47 Å². The van der Waals surface area contributed by atoms with Crippen LogP contribution in [0.2, 0.25) is 5.02 Å². The van der Waals surface area contributed by atoms with Gasteiger partial charge in [0.2, 0.25) is 0 Å². The lowest BCUT2D eigenvalue weighted by Gasteiger charge is -2.23. The van der Waals surface area contributed by atoms with Gasteiger partial charge < -0.3 is 9.47 Å². The van der Waals surface area contributed by atoms with Gasteiger partial charge in [0.25, 0.3) is 0 Å². The van der Waals surface area contributed by atoms with Crippen LogP contribution < -0.4 is 0 Å². The maximum atomic E-state index is 5.99. The summed E-state index contributed by atoms with van der Waals surface area (Å²) in [5.74, 6) is 0. The van der Waals surface area contributed by atoms with E-state index >= 15 is 0 Å². The summed E-state index contributed by atoms with van der Waals surface area (Å²) >= 11 is 5.99. The minimum atomic E-state index is -0.0655. The van der Waals surface area contributed by atoms with Gasteiger partial charge in [-0.15, -0.1) is 0 Å². The van der Waals surface area contributed by atoms with Crippen LogP contribution in [0, 0.1) is 0 Å². The Labute approximate surface area is 117 Å². The molecular weight excluding hydrogens is 262 g/mol. The van der Waals surface area contributed by atoms with Crippen molar-refractivity contribution in [3.8, 4) is 0 Å². The summed E-state index contributed by atoms with van der Waals surface area (Å²) < 4.78 is 11.1. The average molecular weight is 278 g/mol. The number of fused-ring (bicyclic) bond motifs is 1. The Bertz CT molecular complexity index is 567. The third-order valence-corrected chi connectivity index (χ3v) is 3.58. The Morgan fingerprint density at radius 3 is 2.89 bits per heavy atom. The molecule has 3 rings (SSSR count). The normalized spacial score (nSPS) is 16.9. The molecule has 2 heterocycles. The van der Waals surface area contributed by atoms with Gasteiger partial charge in [-0.05, 0) is 36.6 Å². The summed E-state index contributed by atoms with van der Waals surface area (Å²) in [7, 11) is 0. The number of ether oxygens (including phenoxy) is 2. The molecule has 4 heteroatoms. The van der Waals surface area contributed by atoms with Crippen LogP contribution in [0.3, 0.4) is 0 Å². The molecule has 0 spiro atoms. The van der Waals surface area contributed by atoms with E-state index in [1.54, 1.807) is 0 Å². The molecule has 0 saturated carbocycles. The van der Waals surface area contributed by atoms with Gasteiger partial charge in [0.15, 0.2) is 6.29 Å². The molecule has 1 aromatic heterocycles. The van der Waals surface area contributed by atoms with E-state index in [4.69, 9.17) is 21.1 Å². The van der Waals surface area contributed by atoms with E-state index in [0.29, 0.717) is 0 Å². The highest BCUT2D eigenvalue weighted by molar-refractivity contribution is 6.31. The fourth-order valence-corrected chi connectivity index (χ4v) is 2.54. The SMILES string of the molecule is Clc1ccc2c(CCC3OCCCO3)ccnc2c1. The lowest BCUT2D eigenvalue weighted by Crippen LogP contribution is -2.25. The zero-order valence-corrected chi connectivity index (χ0v) is 11.4. The standard InChI is InChI=1S/C15H16ClNO2/c16-12-3-4-13-11(6-7-17-14(13)10-12)2-5-15-18-8-1-9-19-15/h3-4,6-7,10,15H,1-2,5,8-9H2. The highest BCUT2D eigenvalue weighted by Gasteiger charge is 2.14. The van der Waals surface area contributed by atoms with Gasteiger partial charge in [-0.25, -0.2) is 0 Å². The molecule has 2 aromatic rings. The number of benzene rings is 1. The van der Waals surface area contributed by atoms with Crippen molar-refractivity contribution in [3.05, 3.63) is 41.0 Å². The molecule has 0 atom stereocenters. The van der Waals surface area contributed by atoms with Crippen LogP contribution in [0.1, 0.15) is 18.4 Å². The van der Waals surface area contributed by atoms with E-state index in [1.165, 1.54) is 5.56 Å². The molecule has 0 amide bonds. The molecule has 1 fully saturated rings. The molecule has 0 aliphatic carbocycles. The lowest BCUT2D eigenvalue weighted by atomic mass is 10.0. The van der Waals surface area contributed by atoms with E-state index in [2.05, 4.69) is 11.1 Å². The monoisotopic (exact) mass is 277 g/mol. The smallest absolute Gasteiger partial charge is 0.157 e. The topological polar surface area (TPSA) is 31.4 Å². The lowest BCUT2D eigenvalue weighted by molar-refractivity contribution is -0.180. The van der Waals surface area contributed by atoms with Crippen LogP contribution in [0.15, 0.2) is 30.5 Å². The number of aryl methyl sites for hydroxylation is 1. The van der Waals surface area contributed by atoms with Crippen LogP contribution >= 0.6 is 11.6 Å². The molecular formula is C15H16ClNO2. The van der Waals surface area contributed by atoms with E-state index in [0.717, 1.165) is 48.4 Å². The fraction of sp³-hybridized carbons (Fsp3) is 0.400. The third-order valence-electron chi connectivity index (χ3n) is 3.34. The Kier molecular flexibility index (Phi) is 3.97. The van der Waals surface area contributed by atoms with Crippen molar-refractivity contribution >= 4 is 22.5 Å². The second kappa shape index (κ2) is 5.87. The molecule has 19 heavy (non-hydrogen) atoms. The summed E-state index contributed by atoms with van der Waals surface area (Å²) in [5, 5.41) is 1.87. The molecule has 1 saturated heterocycles. The van der Waals surface area contributed by atoms with Crippen molar-refractivity contribution in [2.24, 2.45) is 0 Å². The first-order valence-electron chi connectivity index (χ1n) is 6.59. The number of hydrogen-bond acceptors (Lipinski definition) is 3. The minimum absolute atomic E-state index is 0.0655.